The van der Waals surface area contributed by atoms with Crippen molar-refractivity contribution in [1.82, 2.24) is 0 Å². The van der Waals surface area contributed by atoms with Gasteiger partial charge in [0.2, 0.25) is 0 Å². The lowest BCUT2D eigenvalue weighted by Gasteiger charge is -2.06. The van der Waals surface area contributed by atoms with E-state index in [0.717, 1.165) is 0 Å². The summed E-state index contributed by atoms with van der Waals surface area (Å²) in [6.07, 6.45) is 0. The first-order valence-corrected chi connectivity index (χ1v) is 4.35. The second-order valence-electron chi connectivity index (χ2n) is 3.15. The molecule has 0 saturated heterocycles. The molecule has 8 heteroatoms. The van der Waals surface area contributed by atoms with Crippen molar-refractivity contribution in [2.75, 3.05) is 0 Å². The van der Waals surface area contributed by atoms with Crippen molar-refractivity contribution in [3.8, 4) is 0 Å². The molecule has 0 atom stereocenters. The Morgan fingerprint density at radius 1 is 0.722 bits per heavy atom. The Labute approximate surface area is 100 Å². The van der Waals surface area contributed by atoms with Crippen molar-refractivity contribution in [1.29, 1.82) is 1.43 Å². The predicted octanol–water partition coefficient (Wildman–Crippen LogP) is 0.479. The van der Waals surface area contributed by atoms with Gasteiger partial charge in [-0.15, -0.1) is 0 Å². The van der Waals surface area contributed by atoms with Gasteiger partial charge in [-0.25, -0.2) is 19.2 Å². The number of aromatic carboxylic acids is 4. The zero-order valence-electron chi connectivity index (χ0n) is 9.54. The summed E-state index contributed by atoms with van der Waals surface area (Å²) >= 11 is 0. The van der Waals surface area contributed by atoms with Gasteiger partial charge in [0.05, 0.1) is 22.3 Å². The molecule has 0 aliphatic carbocycles. The quantitative estimate of drug-likeness (QED) is 0.606. The molecule has 0 radical (unpaired) electrons. The molecule has 94 valence electrons. The predicted molar refractivity (Wildman–Crippen MR) is 54.3 cm³/mol. The molecule has 0 amide bonds. The van der Waals surface area contributed by atoms with E-state index in [0.29, 0.717) is 12.1 Å². The Hall–Kier alpha value is -2.90. The number of rotatable bonds is 4. The Bertz CT molecular complexity index is 591. The van der Waals surface area contributed by atoms with E-state index >= 15 is 0 Å². The Kier molecular flexibility index (Phi) is 2.92. The van der Waals surface area contributed by atoms with E-state index in [2.05, 4.69) is 5.11 Å². The van der Waals surface area contributed by atoms with Crippen LogP contribution in [0.2, 0.25) is 0 Å². The van der Waals surface area contributed by atoms with Gasteiger partial charge in [0.1, 0.15) is 0 Å². The van der Waals surface area contributed by atoms with Crippen molar-refractivity contribution < 1.29 is 39.6 Å². The molecule has 1 rings (SSSR count). The van der Waals surface area contributed by atoms with Crippen molar-refractivity contribution in [3.63, 3.8) is 0 Å². The largest absolute Gasteiger partial charge is 0.478 e. The van der Waals surface area contributed by atoms with Gasteiger partial charge in [-0.1, -0.05) is 0 Å². The molecule has 0 spiro atoms. The first kappa shape index (κ1) is 11.6. The Morgan fingerprint density at radius 2 is 1.00 bits per heavy atom. The molecule has 0 aromatic heterocycles. The van der Waals surface area contributed by atoms with Crippen LogP contribution in [0.4, 0.5) is 0 Å². The average Bonchev–Trinajstić information content (AvgIpc) is 2.35. The summed E-state index contributed by atoms with van der Waals surface area (Å²) < 4.78 is 6.39. The maximum absolute atomic E-state index is 11.2. The minimum Gasteiger partial charge on any atom is -0.478 e. The van der Waals surface area contributed by atoms with Gasteiger partial charge in [0, 0.05) is 0 Å². The summed E-state index contributed by atoms with van der Waals surface area (Å²) in [5.41, 5.74) is -3.05. The average molecular weight is 255 g/mol. The molecule has 4 N–H and O–H groups in total. The third-order valence-corrected chi connectivity index (χ3v) is 2.07. The molecule has 0 bridgehead atoms. The lowest BCUT2D eigenvalue weighted by molar-refractivity contribution is 0.0637. The molecule has 0 aliphatic rings. The fraction of sp³-hybridized carbons (Fsp3) is 0. The van der Waals surface area contributed by atoms with E-state index in [4.69, 9.17) is 16.8 Å². The summed E-state index contributed by atoms with van der Waals surface area (Å²) in [6.45, 7) is 0. The first-order valence-electron chi connectivity index (χ1n) is 4.75. The summed E-state index contributed by atoms with van der Waals surface area (Å²) in [6, 6.07) is 1.08. The monoisotopic (exact) mass is 255 g/mol. The number of carboxylic acid groups (broad SMARTS) is 4. The SMILES string of the molecule is [2H]OC(=O)c1cc(C(=O)O)c(C(=O)O)cc1C(=O)O. The molecule has 18 heavy (non-hydrogen) atoms. The summed E-state index contributed by atoms with van der Waals surface area (Å²) in [4.78, 5) is 43.8. The van der Waals surface area contributed by atoms with E-state index in [1.54, 1.807) is 0 Å². The van der Waals surface area contributed by atoms with E-state index < -0.39 is 46.1 Å². The molecule has 0 heterocycles. The number of carbonyl (C=O) groups is 4. The van der Waals surface area contributed by atoms with Crippen LogP contribution in [0.25, 0.3) is 1.43 Å². The molecule has 0 aliphatic heterocycles. The van der Waals surface area contributed by atoms with E-state index in [1.807, 2.05) is 0 Å². The third-order valence-electron chi connectivity index (χ3n) is 2.07. The van der Waals surface area contributed by atoms with Gasteiger partial charge >= 0.3 is 23.9 Å². The van der Waals surface area contributed by atoms with Gasteiger partial charge in [-0.05, 0) is 12.1 Å². The maximum atomic E-state index is 11.2. The number of hydrogen-bond donors (Lipinski definition) is 4. The minimum absolute atomic E-state index is 0.528. The normalized spacial score (nSPS) is 10.3. The van der Waals surface area contributed by atoms with Crippen LogP contribution >= 0.6 is 0 Å². The number of benzene rings is 1. The second-order valence-corrected chi connectivity index (χ2v) is 3.15. The van der Waals surface area contributed by atoms with Crippen LogP contribution in [0.1, 0.15) is 41.4 Å². The topological polar surface area (TPSA) is 149 Å². The zero-order chi connectivity index (χ0) is 14.7. The highest BCUT2D eigenvalue weighted by atomic mass is 16.4. The van der Waals surface area contributed by atoms with Crippen LogP contribution in [-0.4, -0.2) is 44.3 Å². The molecule has 1 aromatic carbocycles. The molecule has 0 fully saturated rings. The van der Waals surface area contributed by atoms with Crippen LogP contribution in [0.3, 0.4) is 0 Å². The molecule has 0 saturated carbocycles. The molecule has 1 aromatic rings. The van der Waals surface area contributed by atoms with Gasteiger partial charge in [0.25, 0.3) is 1.43 Å². The van der Waals surface area contributed by atoms with E-state index in [-0.39, 0.29) is 0 Å². The van der Waals surface area contributed by atoms with Gasteiger partial charge < -0.3 is 20.4 Å². The highest BCUT2D eigenvalue weighted by Gasteiger charge is 2.24. The Balaban J connectivity index is 3.69. The van der Waals surface area contributed by atoms with Crippen LogP contribution in [0.5, 0.6) is 0 Å². The first-order chi connectivity index (χ1) is 8.79. The summed E-state index contributed by atoms with van der Waals surface area (Å²) in [7, 11) is 0. The fourth-order valence-electron chi connectivity index (χ4n) is 1.30. The van der Waals surface area contributed by atoms with Crippen molar-refractivity contribution in [3.05, 3.63) is 34.4 Å². The smallest absolute Gasteiger partial charge is 0.336 e. The molecule has 0 unspecified atom stereocenters. The van der Waals surface area contributed by atoms with Crippen LogP contribution in [-0.2, 0) is 0 Å². The molecular weight excluding hydrogens is 248 g/mol. The molecular formula is C10H6O8. The highest BCUT2D eigenvalue weighted by molar-refractivity contribution is 6.09. The van der Waals surface area contributed by atoms with E-state index in [9.17, 15) is 19.2 Å². The number of carboxylic acids is 4. The summed E-state index contributed by atoms with van der Waals surface area (Å²) in [5.74, 6) is -6.38. The summed E-state index contributed by atoms with van der Waals surface area (Å²) in [5, 5.41) is 30.0. The van der Waals surface area contributed by atoms with Gasteiger partial charge in [-0.2, -0.15) is 0 Å². The highest BCUT2D eigenvalue weighted by Crippen LogP contribution is 2.18. The van der Waals surface area contributed by atoms with Gasteiger partial charge in [-0.3, -0.25) is 0 Å². The van der Waals surface area contributed by atoms with Crippen LogP contribution < -0.4 is 0 Å². The van der Waals surface area contributed by atoms with Gasteiger partial charge in [0.15, 0.2) is 0 Å². The van der Waals surface area contributed by atoms with Crippen LogP contribution in [0.15, 0.2) is 12.1 Å². The third kappa shape index (κ3) is 2.26. The lowest BCUT2D eigenvalue weighted by atomic mass is 9.98. The zero-order valence-corrected chi connectivity index (χ0v) is 8.54. The van der Waals surface area contributed by atoms with Crippen molar-refractivity contribution in [2.45, 2.75) is 0 Å². The van der Waals surface area contributed by atoms with Crippen molar-refractivity contribution >= 4 is 23.9 Å². The van der Waals surface area contributed by atoms with E-state index in [1.165, 1.54) is 0 Å². The van der Waals surface area contributed by atoms with Crippen molar-refractivity contribution in [2.24, 2.45) is 0 Å². The lowest BCUT2D eigenvalue weighted by Crippen LogP contribution is -2.15. The molecule has 8 nitrogen and oxygen atoms in total. The minimum atomic E-state index is -1.66. The number of hydrogen-bond acceptors (Lipinski definition) is 5. The standard InChI is InChI=1S/C10H6O8/c11-7(12)3-1-4(8(13)14)6(10(17)18)2-5(3)9(15)16/h1-2H,(H,11,12)(H,13,14)(H,15,16)(H,17,18)/i/hD. The second kappa shape index (κ2) is 4.53. The fourth-order valence-corrected chi connectivity index (χ4v) is 1.30. The maximum Gasteiger partial charge on any atom is 0.336 e. The Morgan fingerprint density at radius 3 is 1.22 bits per heavy atom. The van der Waals surface area contributed by atoms with Crippen LogP contribution in [0, 0.1) is 0 Å².